The lowest BCUT2D eigenvalue weighted by molar-refractivity contribution is -0.274. The average molecular weight is 290 g/mol. The van der Waals surface area contributed by atoms with Crippen LogP contribution in [0.5, 0.6) is 5.75 Å². The fourth-order valence-electron chi connectivity index (χ4n) is 1.96. The standard InChI is InChI=1S/C14H21F3N2O/c1-13(2,9-18)10-19(3)8-11-4-6-12(7-5-11)20-14(15,16)17/h4-7H,8-10,18H2,1-3H3. The van der Waals surface area contributed by atoms with Gasteiger partial charge in [-0.2, -0.15) is 0 Å². The summed E-state index contributed by atoms with van der Waals surface area (Å²) in [5.41, 5.74) is 6.61. The smallest absolute Gasteiger partial charge is 0.406 e. The summed E-state index contributed by atoms with van der Waals surface area (Å²) in [5.74, 6) is -0.203. The summed E-state index contributed by atoms with van der Waals surface area (Å²) in [7, 11) is 1.96. The van der Waals surface area contributed by atoms with Gasteiger partial charge in [0, 0.05) is 13.1 Å². The third kappa shape index (κ3) is 6.25. The molecule has 0 unspecified atom stereocenters. The van der Waals surface area contributed by atoms with Gasteiger partial charge < -0.3 is 15.4 Å². The molecule has 3 nitrogen and oxygen atoms in total. The van der Waals surface area contributed by atoms with E-state index in [0.717, 1.165) is 12.1 Å². The maximum atomic E-state index is 12.0. The van der Waals surface area contributed by atoms with Crippen molar-refractivity contribution in [1.82, 2.24) is 4.90 Å². The molecule has 20 heavy (non-hydrogen) atoms. The highest BCUT2D eigenvalue weighted by Gasteiger charge is 2.30. The number of alkyl halides is 3. The van der Waals surface area contributed by atoms with Crippen molar-refractivity contribution in [3.05, 3.63) is 29.8 Å². The van der Waals surface area contributed by atoms with Crippen molar-refractivity contribution >= 4 is 0 Å². The number of hydrogen-bond donors (Lipinski definition) is 1. The Kier molecular flexibility index (Phi) is 5.42. The Hall–Kier alpha value is -1.27. The molecule has 0 saturated carbocycles. The number of benzene rings is 1. The van der Waals surface area contributed by atoms with E-state index in [1.54, 1.807) is 12.1 Å². The number of hydrogen-bond acceptors (Lipinski definition) is 3. The zero-order chi connectivity index (χ0) is 15.4. The first-order chi connectivity index (χ1) is 9.11. The van der Waals surface area contributed by atoms with Crippen molar-refractivity contribution in [2.75, 3.05) is 20.1 Å². The van der Waals surface area contributed by atoms with E-state index in [1.165, 1.54) is 12.1 Å². The predicted molar refractivity (Wildman–Crippen MR) is 72.3 cm³/mol. The maximum Gasteiger partial charge on any atom is 0.573 e. The molecule has 0 aromatic heterocycles. The molecule has 1 aromatic rings. The van der Waals surface area contributed by atoms with Crippen LogP contribution in [0, 0.1) is 5.41 Å². The minimum atomic E-state index is -4.65. The third-order valence-corrected chi connectivity index (χ3v) is 2.86. The van der Waals surface area contributed by atoms with Crippen LogP contribution < -0.4 is 10.5 Å². The van der Waals surface area contributed by atoms with E-state index < -0.39 is 6.36 Å². The lowest BCUT2D eigenvalue weighted by Crippen LogP contribution is -2.36. The second kappa shape index (κ2) is 6.45. The van der Waals surface area contributed by atoms with Crippen LogP contribution >= 0.6 is 0 Å². The van der Waals surface area contributed by atoms with Gasteiger partial charge in [-0.15, -0.1) is 13.2 Å². The summed E-state index contributed by atoms with van der Waals surface area (Å²) in [6.07, 6.45) is -4.65. The van der Waals surface area contributed by atoms with Crippen LogP contribution in [0.4, 0.5) is 13.2 Å². The van der Waals surface area contributed by atoms with Crippen LogP contribution in [0.25, 0.3) is 0 Å². The molecule has 0 spiro atoms. The molecule has 0 saturated heterocycles. The van der Waals surface area contributed by atoms with Crippen LogP contribution in [0.2, 0.25) is 0 Å². The first-order valence-electron chi connectivity index (χ1n) is 6.35. The van der Waals surface area contributed by atoms with Gasteiger partial charge in [0.2, 0.25) is 0 Å². The number of ether oxygens (including phenoxy) is 1. The molecule has 0 bridgehead atoms. The second-order valence-corrected chi connectivity index (χ2v) is 5.73. The van der Waals surface area contributed by atoms with Crippen molar-refractivity contribution in [1.29, 1.82) is 0 Å². The van der Waals surface area contributed by atoms with Crippen LogP contribution in [0.3, 0.4) is 0 Å². The highest BCUT2D eigenvalue weighted by atomic mass is 19.4. The molecule has 1 aromatic carbocycles. The maximum absolute atomic E-state index is 12.0. The number of nitrogens with zero attached hydrogens (tertiary/aromatic N) is 1. The molecule has 0 atom stereocenters. The van der Waals surface area contributed by atoms with Gasteiger partial charge in [0.15, 0.2) is 0 Å². The monoisotopic (exact) mass is 290 g/mol. The molecule has 2 N–H and O–H groups in total. The summed E-state index contributed by atoms with van der Waals surface area (Å²) >= 11 is 0. The van der Waals surface area contributed by atoms with Gasteiger partial charge in [-0.05, 0) is 36.7 Å². The molecule has 0 amide bonds. The van der Waals surface area contributed by atoms with Gasteiger partial charge in [0.05, 0.1) is 0 Å². The Morgan fingerprint density at radius 1 is 1.15 bits per heavy atom. The van der Waals surface area contributed by atoms with Gasteiger partial charge in [-0.1, -0.05) is 26.0 Å². The summed E-state index contributed by atoms with van der Waals surface area (Å²) in [5, 5.41) is 0. The van der Waals surface area contributed by atoms with Crippen molar-refractivity contribution in [3.8, 4) is 5.75 Å². The topological polar surface area (TPSA) is 38.5 Å². The Labute approximate surface area is 117 Å². The number of nitrogens with two attached hydrogens (primary N) is 1. The molecular weight excluding hydrogens is 269 g/mol. The summed E-state index contributed by atoms with van der Waals surface area (Å²) in [4.78, 5) is 2.09. The fraction of sp³-hybridized carbons (Fsp3) is 0.571. The second-order valence-electron chi connectivity index (χ2n) is 5.73. The molecule has 6 heteroatoms. The van der Waals surface area contributed by atoms with E-state index >= 15 is 0 Å². The Morgan fingerprint density at radius 3 is 2.15 bits per heavy atom. The summed E-state index contributed by atoms with van der Waals surface area (Å²) in [6.45, 7) is 6.18. The van der Waals surface area contributed by atoms with Gasteiger partial charge in [0.1, 0.15) is 5.75 Å². The molecule has 114 valence electrons. The van der Waals surface area contributed by atoms with Crippen molar-refractivity contribution in [2.24, 2.45) is 11.1 Å². The van der Waals surface area contributed by atoms with E-state index in [1.807, 2.05) is 7.05 Å². The highest BCUT2D eigenvalue weighted by Crippen LogP contribution is 2.23. The lowest BCUT2D eigenvalue weighted by Gasteiger charge is -2.29. The van der Waals surface area contributed by atoms with Crippen LogP contribution in [0.1, 0.15) is 19.4 Å². The number of rotatable bonds is 6. The van der Waals surface area contributed by atoms with Crippen molar-refractivity contribution in [2.45, 2.75) is 26.8 Å². The molecule has 0 radical (unpaired) electrons. The minimum Gasteiger partial charge on any atom is -0.406 e. The zero-order valence-electron chi connectivity index (χ0n) is 12.0. The van der Waals surface area contributed by atoms with Gasteiger partial charge >= 0.3 is 6.36 Å². The van der Waals surface area contributed by atoms with Gasteiger partial charge in [-0.25, -0.2) is 0 Å². The zero-order valence-corrected chi connectivity index (χ0v) is 12.0. The first kappa shape index (κ1) is 16.8. The Balaban J connectivity index is 2.57. The normalized spacial score (nSPS) is 12.8. The summed E-state index contributed by atoms with van der Waals surface area (Å²) in [6, 6.07) is 5.91. The molecule has 0 aliphatic heterocycles. The van der Waals surface area contributed by atoms with E-state index in [-0.39, 0.29) is 11.2 Å². The molecule has 1 rings (SSSR count). The van der Waals surface area contributed by atoms with E-state index in [9.17, 15) is 13.2 Å². The predicted octanol–water partition coefficient (Wildman–Crippen LogP) is 3.00. The number of halogens is 3. The Morgan fingerprint density at radius 2 is 1.70 bits per heavy atom. The fourth-order valence-corrected chi connectivity index (χ4v) is 1.96. The minimum absolute atomic E-state index is 0.00802. The van der Waals surface area contributed by atoms with E-state index in [4.69, 9.17) is 5.73 Å². The van der Waals surface area contributed by atoms with Crippen LogP contribution in [-0.4, -0.2) is 31.4 Å². The first-order valence-corrected chi connectivity index (χ1v) is 6.35. The quantitative estimate of drug-likeness (QED) is 0.875. The largest absolute Gasteiger partial charge is 0.573 e. The van der Waals surface area contributed by atoms with Crippen molar-refractivity contribution < 1.29 is 17.9 Å². The summed E-state index contributed by atoms with van der Waals surface area (Å²) < 4.78 is 39.9. The molecule has 0 heterocycles. The van der Waals surface area contributed by atoms with E-state index in [0.29, 0.717) is 13.1 Å². The van der Waals surface area contributed by atoms with Gasteiger partial charge in [-0.3, -0.25) is 0 Å². The molecule has 0 aliphatic rings. The Bertz CT molecular complexity index is 415. The lowest BCUT2D eigenvalue weighted by atomic mass is 9.93. The third-order valence-electron chi connectivity index (χ3n) is 2.86. The highest BCUT2D eigenvalue weighted by molar-refractivity contribution is 5.27. The van der Waals surface area contributed by atoms with Crippen LogP contribution in [-0.2, 0) is 6.54 Å². The molecule has 0 aliphatic carbocycles. The molecule has 0 fully saturated rings. The molecular formula is C14H21F3N2O. The van der Waals surface area contributed by atoms with Crippen molar-refractivity contribution in [3.63, 3.8) is 0 Å². The van der Waals surface area contributed by atoms with E-state index in [2.05, 4.69) is 23.5 Å². The van der Waals surface area contributed by atoms with Crippen LogP contribution in [0.15, 0.2) is 24.3 Å². The average Bonchev–Trinajstić information content (AvgIpc) is 2.29. The SMILES string of the molecule is CN(Cc1ccc(OC(F)(F)F)cc1)CC(C)(C)CN. The van der Waals surface area contributed by atoms with Gasteiger partial charge in [0.25, 0.3) is 0 Å².